The summed E-state index contributed by atoms with van der Waals surface area (Å²) in [7, 11) is 0. The van der Waals surface area contributed by atoms with Gasteiger partial charge in [-0.1, -0.05) is 43.3 Å². The highest BCUT2D eigenvalue weighted by atomic mass is 16.5. The van der Waals surface area contributed by atoms with Gasteiger partial charge in [-0.2, -0.15) is 0 Å². The van der Waals surface area contributed by atoms with E-state index < -0.39 is 5.60 Å². The molecular weight excluding hydrogens is 236 g/mol. The average Bonchev–Trinajstić information content (AvgIpc) is 2.40. The second-order valence-electron chi connectivity index (χ2n) is 5.56. The molecule has 2 atom stereocenters. The number of benzene rings is 1. The third kappa shape index (κ3) is 7.14. The fraction of sp³-hybridized carbons (Fsp3) is 0.529. The minimum absolute atomic E-state index is 0.518. The van der Waals surface area contributed by atoms with Gasteiger partial charge in [0.2, 0.25) is 0 Å². The van der Waals surface area contributed by atoms with Crippen LogP contribution in [-0.4, -0.2) is 17.3 Å². The summed E-state index contributed by atoms with van der Waals surface area (Å²) in [5.74, 6) is 0.518. The van der Waals surface area contributed by atoms with E-state index in [1.165, 1.54) is 5.56 Å². The number of aliphatic hydroxyl groups is 1. The van der Waals surface area contributed by atoms with Gasteiger partial charge in [-0.25, -0.2) is 0 Å². The first kappa shape index (κ1) is 15.9. The minimum atomic E-state index is -0.732. The van der Waals surface area contributed by atoms with E-state index in [9.17, 15) is 5.11 Å². The van der Waals surface area contributed by atoms with Crippen LogP contribution < -0.4 is 0 Å². The van der Waals surface area contributed by atoms with Crippen molar-refractivity contribution in [2.75, 3.05) is 6.61 Å². The van der Waals surface area contributed by atoms with Crippen molar-refractivity contribution in [3.63, 3.8) is 0 Å². The first-order valence-electron chi connectivity index (χ1n) is 7.01. The van der Waals surface area contributed by atoms with Gasteiger partial charge in [0.15, 0.2) is 0 Å². The Kier molecular flexibility index (Phi) is 6.82. The SMILES string of the molecule is C=CC(C)(O)CCCC(C)COCc1ccccc1. The molecule has 1 aromatic carbocycles. The predicted molar refractivity (Wildman–Crippen MR) is 79.9 cm³/mol. The molecule has 1 N–H and O–H groups in total. The highest BCUT2D eigenvalue weighted by molar-refractivity contribution is 5.13. The van der Waals surface area contributed by atoms with Crippen LogP contribution in [0.4, 0.5) is 0 Å². The Morgan fingerprint density at radius 2 is 2.05 bits per heavy atom. The van der Waals surface area contributed by atoms with Gasteiger partial charge in [-0.3, -0.25) is 0 Å². The van der Waals surface area contributed by atoms with Gasteiger partial charge in [0, 0.05) is 6.61 Å². The van der Waals surface area contributed by atoms with E-state index in [0.29, 0.717) is 12.5 Å². The maximum Gasteiger partial charge on any atom is 0.0797 e. The average molecular weight is 262 g/mol. The quantitative estimate of drug-likeness (QED) is 0.683. The summed E-state index contributed by atoms with van der Waals surface area (Å²) >= 11 is 0. The minimum Gasteiger partial charge on any atom is -0.386 e. The molecule has 2 heteroatoms. The molecule has 0 radical (unpaired) electrons. The molecule has 0 spiro atoms. The monoisotopic (exact) mass is 262 g/mol. The molecule has 0 heterocycles. The van der Waals surface area contributed by atoms with Crippen molar-refractivity contribution in [3.05, 3.63) is 48.6 Å². The first-order valence-corrected chi connectivity index (χ1v) is 7.01. The van der Waals surface area contributed by atoms with Crippen molar-refractivity contribution < 1.29 is 9.84 Å². The van der Waals surface area contributed by atoms with E-state index in [4.69, 9.17) is 4.74 Å². The zero-order valence-electron chi connectivity index (χ0n) is 12.1. The van der Waals surface area contributed by atoms with E-state index in [1.807, 2.05) is 18.2 Å². The van der Waals surface area contributed by atoms with E-state index in [1.54, 1.807) is 13.0 Å². The summed E-state index contributed by atoms with van der Waals surface area (Å²) in [6, 6.07) is 10.2. The molecule has 0 aliphatic heterocycles. The fourth-order valence-electron chi connectivity index (χ4n) is 1.95. The van der Waals surface area contributed by atoms with Crippen LogP contribution in [0, 0.1) is 5.92 Å². The Morgan fingerprint density at radius 1 is 1.37 bits per heavy atom. The lowest BCUT2D eigenvalue weighted by atomic mass is 9.96. The third-order valence-corrected chi connectivity index (χ3v) is 3.33. The van der Waals surface area contributed by atoms with E-state index in [0.717, 1.165) is 25.9 Å². The maximum absolute atomic E-state index is 9.81. The van der Waals surface area contributed by atoms with E-state index >= 15 is 0 Å². The van der Waals surface area contributed by atoms with Crippen LogP contribution in [0.1, 0.15) is 38.7 Å². The molecule has 19 heavy (non-hydrogen) atoms. The summed E-state index contributed by atoms with van der Waals surface area (Å²) in [5, 5.41) is 9.81. The topological polar surface area (TPSA) is 29.5 Å². The predicted octanol–water partition coefficient (Wildman–Crippen LogP) is 3.95. The van der Waals surface area contributed by atoms with Gasteiger partial charge in [-0.15, -0.1) is 6.58 Å². The van der Waals surface area contributed by atoms with Gasteiger partial charge in [0.1, 0.15) is 0 Å². The number of ether oxygens (including phenoxy) is 1. The lowest BCUT2D eigenvalue weighted by Gasteiger charge is -2.19. The zero-order chi connectivity index (χ0) is 14.1. The van der Waals surface area contributed by atoms with Crippen LogP contribution in [0.3, 0.4) is 0 Å². The van der Waals surface area contributed by atoms with Crippen LogP contribution in [0.2, 0.25) is 0 Å². The Bertz CT molecular complexity index is 357. The van der Waals surface area contributed by atoms with Crippen LogP contribution in [0.25, 0.3) is 0 Å². The summed E-state index contributed by atoms with van der Waals surface area (Å²) in [5.41, 5.74) is 0.481. The molecule has 1 rings (SSSR count). The molecule has 0 aliphatic rings. The molecule has 2 nitrogen and oxygen atoms in total. The number of hydrogen-bond donors (Lipinski definition) is 1. The summed E-state index contributed by atoms with van der Waals surface area (Å²) in [6.45, 7) is 9.07. The summed E-state index contributed by atoms with van der Waals surface area (Å²) < 4.78 is 5.71. The van der Waals surface area contributed by atoms with Crippen molar-refractivity contribution in [1.82, 2.24) is 0 Å². The van der Waals surface area contributed by atoms with E-state index in [-0.39, 0.29) is 0 Å². The highest BCUT2D eigenvalue weighted by Gasteiger charge is 2.15. The Balaban J connectivity index is 2.11. The van der Waals surface area contributed by atoms with Crippen molar-refractivity contribution in [2.45, 2.75) is 45.3 Å². The molecule has 106 valence electrons. The third-order valence-electron chi connectivity index (χ3n) is 3.33. The van der Waals surface area contributed by atoms with E-state index in [2.05, 4.69) is 25.6 Å². The molecular formula is C17H26O2. The summed E-state index contributed by atoms with van der Waals surface area (Å²) in [6.07, 6.45) is 4.44. The molecule has 0 saturated carbocycles. The van der Waals surface area contributed by atoms with Crippen LogP contribution in [-0.2, 0) is 11.3 Å². The molecule has 0 saturated heterocycles. The Hall–Kier alpha value is -1.12. The van der Waals surface area contributed by atoms with Crippen LogP contribution >= 0.6 is 0 Å². The van der Waals surface area contributed by atoms with Crippen LogP contribution in [0.5, 0.6) is 0 Å². The van der Waals surface area contributed by atoms with Gasteiger partial charge >= 0.3 is 0 Å². The number of hydrogen-bond acceptors (Lipinski definition) is 2. The van der Waals surface area contributed by atoms with Gasteiger partial charge < -0.3 is 9.84 Å². The molecule has 0 fully saturated rings. The van der Waals surface area contributed by atoms with Crippen molar-refractivity contribution in [3.8, 4) is 0 Å². The molecule has 0 bridgehead atoms. The van der Waals surface area contributed by atoms with Crippen LogP contribution in [0.15, 0.2) is 43.0 Å². The normalized spacial score (nSPS) is 15.7. The van der Waals surface area contributed by atoms with Gasteiger partial charge in [0.25, 0.3) is 0 Å². The lowest BCUT2D eigenvalue weighted by molar-refractivity contribution is 0.0777. The largest absolute Gasteiger partial charge is 0.386 e. The van der Waals surface area contributed by atoms with Gasteiger partial charge in [-0.05, 0) is 37.7 Å². The standard InChI is InChI=1S/C17H26O2/c1-4-17(3,18)12-8-9-15(2)13-19-14-16-10-6-5-7-11-16/h4-7,10-11,15,18H,1,8-9,12-14H2,2-3H3. The first-order chi connectivity index (χ1) is 9.03. The molecule has 0 aliphatic carbocycles. The fourth-order valence-corrected chi connectivity index (χ4v) is 1.95. The smallest absolute Gasteiger partial charge is 0.0797 e. The van der Waals surface area contributed by atoms with Crippen molar-refractivity contribution in [2.24, 2.45) is 5.92 Å². The highest BCUT2D eigenvalue weighted by Crippen LogP contribution is 2.17. The van der Waals surface area contributed by atoms with Crippen molar-refractivity contribution >= 4 is 0 Å². The zero-order valence-corrected chi connectivity index (χ0v) is 12.1. The Labute approximate surface area is 117 Å². The second-order valence-corrected chi connectivity index (χ2v) is 5.56. The number of rotatable bonds is 9. The lowest BCUT2D eigenvalue weighted by Crippen LogP contribution is -2.20. The van der Waals surface area contributed by atoms with Gasteiger partial charge in [0.05, 0.1) is 12.2 Å². The molecule has 0 aromatic heterocycles. The maximum atomic E-state index is 9.81. The molecule has 1 aromatic rings. The molecule has 0 amide bonds. The summed E-state index contributed by atoms with van der Waals surface area (Å²) in [4.78, 5) is 0. The van der Waals surface area contributed by atoms with Crippen molar-refractivity contribution in [1.29, 1.82) is 0 Å². The second kappa shape index (κ2) is 8.13. The molecule has 2 unspecified atom stereocenters. The Morgan fingerprint density at radius 3 is 2.68 bits per heavy atom.